The molecule has 3 rings (SSSR count). The van der Waals surface area contributed by atoms with E-state index in [2.05, 4.69) is 10.1 Å². The van der Waals surface area contributed by atoms with E-state index in [1.165, 1.54) is 0 Å². The van der Waals surface area contributed by atoms with Crippen molar-refractivity contribution in [1.82, 2.24) is 24.2 Å². The smallest absolute Gasteiger partial charge is 0.290 e. The van der Waals surface area contributed by atoms with Crippen molar-refractivity contribution >= 4 is 5.91 Å². The first-order valence-corrected chi connectivity index (χ1v) is 7.67. The van der Waals surface area contributed by atoms with E-state index in [1.54, 1.807) is 6.20 Å². The summed E-state index contributed by atoms with van der Waals surface area (Å²) in [7, 11) is 0. The molecule has 118 valence electrons. The number of ether oxygens (including phenoxy) is 1. The van der Waals surface area contributed by atoms with Gasteiger partial charge in [0, 0.05) is 43.8 Å². The first-order chi connectivity index (χ1) is 10.7. The van der Waals surface area contributed by atoms with Crippen LogP contribution in [0.3, 0.4) is 0 Å². The van der Waals surface area contributed by atoms with E-state index in [4.69, 9.17) is 4.74 Å². The van der Waals surface area contributed by atoms with E-state index in [0.717, 1.165) is 18.7 Å². The summed E-state index contributed by atoms with van der Waals surface area (Å²) in [6.07, 6.45) is 7.17. The number of nitrogens with zero attached hydrogens (tertiary/aromatic N) is 5. The fourth-order valence-corrected chi connectivity index (χ4v) is 2.66. The second kappa shape index (κ2) is 6.31. The van der Waals surface area contributed by atoms with E-state index in [-0.39, 0.29) is 12.0 Å². The highest BCUT2D eigenvalue weighted by Gasteiger charge is 2.28. The number of hydrogen-bond acceptors (Lipinski definition) is 4. The van der Waals surface area contributed by atoms with Crippen LogP contribution < -0.4 is 0 Å². The van der Waals surface area contributed by atoms with Crippen LogP contribution in [0.15, 0.2) is 24.8 Å². The lowest BCUT2D eigenvalue weighted by Crippen LogP contribution is -2.43. The Labute approximate surface area is 129 Å². The van der Waals surface area contributed by atoms with E-state index in [0.29, 0.717) is 25.5 Å². The van der Waals surface area contributed by atoms with E-state index in [1.807, 2.05) is 46.6 Å². The van der Waals surface area contributed by atoms with Crippen LogP contribution in [-0.2, 0) is 17.8 Å². The molecule has 2 aromatic rings. The topological polar surface area (TPSA) is 65.2 Å². The van der Waals surface area contributed by atoms with Crippen molar-refractivity contribution < 1.29 is 9.53 Å². The molecular formula is C15H21N5O2. The Morgan fingerprint density at radius 2 is 2.27 bits per heavy atom. The van der Waals surface area contributed by atoms with Gasteiger partial charge in [-0.1, -0.05) is 0 Å². The lowest BCUT2D eigenvalue weighted by atomic mass is 10.1. The average molecular weight is 303 g/mol. The van der Waals surface area contributed by atoms with E-state index < -0.39 is 0 Å². The molecule has 1 amide bonds. The summed E-state index contributed by atoms with van der Waals surface area (Å²) in [6, 6.07) is 0. The van der Waals surface area contributed by atoms with Crippen molar-refractivity contribution in [2.45, 2.75) is 33.0 Å². The molecule has 1 atom stereocenters. The van der Waals surface area contributed by atoms with Gasteiger partial charge >= 0.3 is 0 Å². The van der Waals surface area contributed by atoms with Crippen LogP contribution in [-0.4, -0.2) is 49.8 Å². The zero-order valence-electron chi connectivity index (χ0n) is 13.0. The number of hydrogen-bond donors (Lipinski definition) is 0. The molecular weight excluding hydrogens is 282 g/mol. The van der Waals surface area contributed by atoms with Crippen LogP contribution in [0.5, 0.6) is 0 Å². The summed E-state index contributed by atoms with van der Waals surface area (Å²) in [5.41, 5.74) is 1.01. The Bertz CT molecular complexity index is 648. The van der Waals surface area contributed by atoms with Crippen LogP contribution in [0, 0.1) is 0 Å². The van der Waals surface area contributed by atoms with Gasteiger partial charge in [-0.3, -0.25) is 9.48 Å². The van der Waals surface area contributed by atoms with Gasteiger partial charge in [0.05, 0.1) is 19.3 Å². The molecule has 0 aromatic carbocycles. The Balaban J connectivity index is 1.74. The standard InChI is InChI=1S/C15H21N5O2/c1-3-18-6-5-16-14(18)15(21)19-7-8-22-13(11-19)12-9-17-20(4-2)10-12/h5-6,9-10,13H,3-4,7-8,11H2,1-2H3. The molecule has 1 aliphatic heterocycles. The Hall–Kier alpha value is -2.15. The molecule has 0 radical (unpaired) electrons. The van der Waals surface area contributed by atoms with Crippen molar-refractivity contribution in [1.29, 1.82) is 0 Å². The maximum atomic E-state index is 12.6. The number of carbonyl (C=O) groups is 1. The zero-order chi connectivity index (χ0) is 15.5. The fraction of sp³-hybridized carbons (Fsp3) is 0.533. The molecule has 0 bridgehead atoms. The predicted octanol–water partition coefficient (Wildman–Crippen LogP) is 1.33. The summed E-state index contributed by atoms with van der Waals surface area (Å²) in [6.45, 7) is 7.25. The minimum absolute atomic E-state index is 0.0389. The van der Waals surface area contributed by atoms with Gasteiger partial charge < -0.3 is 14.2 Å². The molecule has 0 N–H and O–H groups in total. The summed E-state index contributed by atoms with van der Waals surface area (Å²) in [5, 5.41) is 4.27. The molecule has 0 aliphatic carbocycles. The Kier molecular flexibility index (Phi) is 4.24. The SMILES string of the molecule is CCn1cc(C2CN(C(=O)c3nccn3CC)CCO2)cn1. The number of rotatable bonds is 4. The summed E-state index contributed by atoms with van der Waals surface area (Å²) < 4.78 is 9.53. The molecule has 1 aliphatic rings. The van der Waals surface area contributed by atoms with Crippen LogP contribution in [0.1, 0.15) is 36.1 Å². The predicted molar refractivity (Wildman–Crippen MR) is 80.4 cm³/mol. The number of morpholine rings is 1. The molecule has 1 unspecified atom stereocenters. The molecule has 1 saturated heterocycles. The molecule has 22 heavy (non-hydrogen) atoms. The van der Waals surface area contributed by atoms with Crippen LogP contribution in [0.4, 0.5) is 0 Å². The third kappa shape index (κ3) is 2.76. The normalized spacial score (nSPS) is 18.6. The van der Waals surface area contributed by atoms with Gasteiger partial charge in [0.1, 0.15) is 6.10 Å². The lowest BCUT2D eigenvalue weighted by molar-refractivity contribution is -0.0234. The molecule has 0 saturated carbocycles. The Morgan fingerprint density at radius 3 is 3.00 bits per heavy atom. The van der Waals surface area contributed by atoms with Gasteiger partial charge in [-0.15, -0.1) is 0 Å². The van der Waals surface area contributed by atoms with E-state index >= 15 is 0 Å². The summed E-state index contributed by atoms with van der Waals surface area (Å²) in [5.74, 6) is 0.454. The van der Waals surface area contributed by atoms with Crippen LogP contribution in [0.25, 0.3) is 0 Å². The van der Waals surface area contributed by atoms with Crippen molar-refractivity contribution in [3.05, 3.63) is 36.2 Å². The number of imidazole rings is 1. The van der Waals surface area contributed by atoms with E-state index in [9.17, 15) is 4.79 Å². The van der Waals surface area contributed by atoms with Crippen LogP contribution in [0.2, 0.25) is 0 Å². The monoisotopic (exact) mass is 303 g/mol. The van der Waals surface area contributed by atoms with Gasteiger partial charge in [-0.25, -0.2) is 4.98 Å². The van der Waals surface area contributed by atoms with Crippen LogP contribution >= 0.6 is 0 Å². The minimum atomic E-state index is -0.122. The number of aromatic nitrogens is 4. The van der Waals surface area contributed by atoms with Crippen molar-refractivity contribution in [3.8, 4) is 0 Å². The molecule has 2 aromatic heterocycles. The molecule has 7 nitrogen and oxygen atoms in total. The largest absolute Gasteiger partial charge is 0.370 e. The van der Waals surface area contributed by atoms with Crippen molar-refractivity contribution in [2.24, 2.45) is 0 Å². The van der Waals surface area contributed by atoms with Gasteiger partial charge in [-0.2, -0.15) is 5.10 Å². The second-order valence-electron chi connectivity index (χ2n) is 5.28. The first-order valence-electron chi connectivity index (χ1n) is 7.67. The summed E-state index contributed by atoms with van der Waals surface area (Å²) in [4.78, 5) is 18.6. The van der Waals surface area contributed by atoms with Gasteiger partial charge in [0.15, 0.2) is 5.82 Å². The highest BCUT2D eigenvalue weighted by atomic mass is 16.5. The number of carbonyl (C=O) groups excluding carboxylic acids is 1. The Morgan fingerprint density at radius 1 is 1.41 bits per heavy atom. The van der Waals surface area contributed by atoms with Crippen molar-refractivity contribution in [3.63, 3.8) is 0 Å². The second-order valence-corrected chi connectivity index (χ2v) is 5.28. The van der Waals surface area contributed by atoms with Gasteiger partial charge in [-0.05, 0) is 13.8 Å². The molecule has 7 heteroatoms. The maximum absolute atomic E-state index is 12.6. The number of amides is 1. The average Bonchev–Trinajstić information content (AvgIpc) is 3.23. The van der Waals surface area contributed by atoms with Gasteiger partial charge in [0.25, 0.3) is 5.91 Å². The third-order valence-corrected chi connectivity index (χ3v) is 3.95. The third-order valence-electron chi connectivity index (χ3n) is 3.95. The highest BCUT2D eigenvalue weighted by molar-refractivity contribution is 5.91. The zero-order valence-corrected chi connectivity index (χ0v) is 13.0. The molecule has 0 spiro atoms. The van der Waals surface area contributed by atoms with Crippen molar-refractivity contribution in [2.75, 3.05) is 19.7 Å². The first kappa shape index (κ1) is 14.8. The maximum Gasteiger partial charge on any atom is 0.290 e. The minimum Gasteiger partial charge on any atom is -0.370 e. The molecule has 3 heterocycles. The lowest BCUT2D eigenvalue weighted by Gasteiger charge is -2.32. The van der Waals surface area contributed by atoms with Gasteiger partial charge in [0.2, 0.25) is 0 Å². The fourth-order valence-electron chi connectivity index (χ4n) is 2.66. The molecule has 1 fully saturated rings. The highest BCUT2D eigenvalue weighted by Crippen LogP contribution is 2.22. The number of aryl methyl sites for hydroxylation is 2. The quantitative estimate of drug-likeness (QED) is 0.855. The summed E-state index contributed by atoms with van der Waals surface area (Å²) >= 11 is 0.